The molecule has 2 heterocycles. The number of carbonyl (C=O) groups excluding carboxylic acids is 1. The maximum atomic E-state index is 14.3. The molecule has 3 aromatic carbocycles. The molecule has 240 valence electrons. The molecule has 0 amide bonds. The Balaban J connectivity index is 1.66. The zero-order valence-electron chi connectivity index (χ0n) is 25.7. The number of hydrogen-bond donors (Lipinski definition) is 0. The highest BCUT2D eigenvalue weighted by molar-refractivity contribution is 9.11. The van der Waals surface area contributed by atoms with Crippen molar-refractivity contribution in [1.29, 1.82) is 0 Å². The first kappa shape index (κ1) is 34.0. The van der Waals surface area contributed by atoms with Crippen LogP contribution in [0.4, 0.5) is 0 Å². The summed E-state index contributed by atoms with van der Waals surface area (Å²) in [5.41, 5.74) is 2.64. The maximum Gasteiger partial charge on any atom is 0.338 e. The predicted octanol–water partition coefficient (Wildman–Crippen LogP) is 7.35. The van der Waals surface area contributed by atoms with E-state index in [0.29, 0.717) is 52.9 Å². The van der Waals surface area contributed by atoms with Crippen LogP contribution in [0.3, 0.4) is 0 Å². The first-order valence-electron chi connectivity index (χ1n) is 14.4. The van der Waals surface area contributed by atoms with Crippen molar-refractivity contribution in [2.24, 2.45) is 4.99 Å². The third-order valence-corrected chi connectivity index (χ3v) is 9.24. The molecule has 46 heavy (non-hydrogen) atoms. The molecule has 0 fully saturated rings. The van der Waals surface area contributed by atoms with Gasteiger partial charge in [0.1, 0.15) is 12.4 Å². The Bertz CT molecular complexity index is 2020. The monoisotopic (exact) mass is 788 g/mol. The van der Waals surface area contributed by atoms with E-state index >= 15 is 0 Å². The number of benzene rings is 3. The second kappa shape index (κ2) is 14.6. The number of methoxy groups -OCH3 is 1. The van der Waals surface area contributed by atoms with Crippen molar-refractivity contribution < 1.29 is 23.7 Å². The van der Waals surface area contributed by atoms with Crippen molar-refractivity contribution in [3.63, 3.8) is 0 Å². The van der Waals surface area contributed by atoms with Crippen molar-refractivity contribution in [2.75, 3.05) is 13.7 Å². The van der Waals surface area contributed by atoms with Gasteiger partial charge in [0.2, 0.25) is 0 Å². The minimum atomic E-state index is -0.813. The second-order valence-electron chi connectivity index (χ2n) is 10.6. The number of nitrogens with zero attached hydrogens (tertiary/aromatic N) is 2. The Morgan fingerprint density at radius 1 is 1.13 bits per heavy atom. The van der Waals surface area contributed by atoms with Gasteiger partial charge in [-0.3, -0.25) is 9.36 Å². The van der Waals surface area contributed by atoms with Crippen LogP contribution in [-0.4, -0.2) is 30.4 Å². The molecule has 1 aliphatic heterocycles. The Morgan fingerprint density at radius 3 is 2.61 bits per heavy atom. The van der Waals surface area contributed by atoms with Crippen molar-refractivity contribution in [3.05, 3.63) is 116 Å². The number of rotatable bonds is 10. The van der Waals surface area contributed by atoms with Crippen LogP contribution in [0, 0.1) is 0 Å². The molecule has 1 atom stereocenters. The highest BCUT2D eigenvalue weighted by Crippen LogP contribution is 2.37. The van der Waals surface area contributed by atoms with Gasteiger partial charge in [-0.2, -0.15) is 0 Å². The number of carbonyl (C=O) groups is 1. The zero-order chi connectivity index (χ0) is 33.1. The quantitative estimate of drug-likeness (QED) is 0.156. The van der Waals surface area contributed by atoms with Gasteiger partial charge in [0.05, 0.1) is 46.1 Å². The smallest absolute Gasteiger partial charge is 0.338 e. The fourth-order valence-corrected chi connectivity index (χ4v) is 7.70. The fraction of sp³-hybridized carbons (Fsp3) is 0.265. The molecule has 1 aromatic heterocycles. The SMILES string of the molecule is CCOC(=O)C1=C(C)N=c2s/c(=C/c3cc(Br)cc(Br)c3OCc3cccc(Cl)c3)c(=O)n2[C@H]1c1ccc(OC(C)C)c(OC)c1. The lowest BCUT2D eigenvalue weighted by Crippen LogP contribution is -2.40. The molecule has 5 rings (SSSR count). The number of halogens is 3. The first-order chi connectivity index (χ1) is 22.0. The number of allylic oxidation sites excluding steroid dienone is 1. The molecule has 0 saturated carbocycles. The van der Waals surface area contributed by atoms with Gasteiger partial charge in [-0.15, -0.1) is 0 Å². The number of esters is 1. The van der Waals surface area contributed by atoms with E-state index in [0.717, 1.165) is 10.0 Å². The third kappa shape index (κ3) is 7.27. The summed E-state index contributed by atoms with van der Waals surface area (Å²) in [6.45, 7) is 7.77. The van der Waals surface area contributed by atoms with E-state index in [1.165, 1.54) is 15.9 Å². The van der Waals surface area contributed by atoms with Crippen LogP contribution in [0.2, 0.25) is 5.02 Å². The van der Waals surface area contributed by atoms with E-state index in [1.807, 2.05) is 50.2 Å². The molecular weight excluding hydrogens is 760 g/mol. The number of ether oxygens (including phenoxy) is 4. The molecule has 0 aliphatic carbocycles. The normalized spacial score (nSPS) is 14.6. The molecule has 0 unspecified atom stereocenters. The van der Waals surface area contributed by atoms with Gasteiger partial charge < -0.3 is 18.9 Å². The minimum Gasteiger partial charge on any atom is -0.493 e. The van der Waals surface area contributed by atoms with Gasteiger partial charge >= 0.3 is 5.97 Å². The molecule has 0 bridgehead atoms. The van der Waals surface area contributed by atoms with E-state index in [2.05, 4.69) is 31.9 Å². The van der Waals surface area contributed by atoms with Gasteiger partial charge in [-0.25, -0.2) is 9.79 Å². The summed E-state index contributed by atoms with van der Waals surface area (Å²) in [5.74, 6) is 1.04. The summed E-state index contributed by atoms with van der Waals surface area (Å²) < 4.78 is 26.7. The standard InChI is InChI=1S/C34H31Br2ClN2O6S/c1-6-43-33(41)29-19(4)38-34-39(30(29)21-10-11-26(45-18(2)3)27(14-21)42-5)32(40)28(46-34)15-22-13-23(35)16-25(36)31(22)44-17-20-8-7-9-24(37)12-20/h7-16,18,30H,6,17H2,1-5H3/b28-15+/t30-/m0/s1. The Labute approximate surface area is 292 Å². The van der Waals surface area contributed by atoms with E-state index < -0.39 is 12.0 Å². The van der Waals surface area contributed by atoms with E-state index in [9.17, 15) is 9.59 Å². The average molecular weight is 791 g/mol. The maximum absolute atomic E-state index is 14.3. The van der Waals surface area contributed by atoms with Crippen molar-refractivity contribution >= 4 is 66.8 Å². The average Bonchev–Trinajstić information content (AvgIpc) is 3.29. The molecule has 4 aromatic rings. The lowest BCUT2D eigenvalue weighted by molar-refractivity contribution is -0.139. The van der Waals surface area contributed by atoms with Crippen LogP contribution in [0.15, 0.2) is 84.6 Å². The van der Waals surface area contributed by atoms with Gasteiger partial charge in [0.15, 0.2) is 16.3 Å². The van der Waals surface area contributed by atoms with E-state index in [-0.39, 0.29) is 30.5 Å². The topological polar surface area (TPSA) is 88.4 Å². The molecule has 0 N–H and O–H groups in total. The Morgan fingerprint density at radius 2 is 1.91 bits per heavy atom. The summed E-state index contributed by atoms with van der Waals surface area (Å²) in [5, 5.41) is 0.615. The molecule has 8 nitrogen and oxygen atoms in total. The Kier molecular flexibility index (Phi) is 10.8. The van der Waals surface area contributed by atoms with Gasteiger partial charge in [-0.05, 0) is 97.2 Å². The third-order valence-electron chi connectivity index (χ3n) is 6.98. The van der Waals surface area contributed by atoms with Crippen LogP contribution in [0.1, 0.15) is 50.4 Å². The lowest BCUT2D eigenvalue weighted by Gasteiger charge is -2.25. The second-order valence-corrected chi connectivity index (χ2v) is 13.8. The Hall–Kier alpha value is -3.38. The van der Waals surface area contributed by atoms with Crippen molar-refractivity contribution in [3.8, 4) is 17.2 Å². The summed E-state index contributed by atoms with van der Waals surface area (Å²) in [6, 6.07) is 15.8. The van der Waals surface area contributed by atoms with E-state index in [1.54, 1.807) is 45.2 Å². The first-order valence-corrected chi connectivity index (χ1v) is 17.2. The van der Waals surface area contributed by atoms with Crippen LogP contribution in [0.5, 0.6) is 17.2 Å². The highest BCUT2D eigenvalue weighted by Gasteiger charge is 2.34. The van der Waals surface area contributed by atoms with Crippen LogP contribution >= 0.6 is 54.8 Å². The number of thiazole rings is 1. The largest absolute Gasteiger partial charge is 0.493 e. The van der Waals surface area contributed by atoms with Crippen LogP contribution in [-0.2, 0) is 16.1 Å². The molecule has 0 saturated heterocycles. The summed E-state index contributed by atoms with van der Waals surface area (Å²) >= 11 is 14.6. The lowest BCUT2D eigenvalue weighted by atomic mass is 9.95. The van der Waals surface area contributed by atoms with Gasteiger partial charge in [-0.1, -0.05) is 57.1 Å². The number of hydrogen-bond acceptors (Lipinski definition) is 8. The highest BCUT2D eigenvalue weighted by atomic mass is 79.9. The summed E-state index contributed by atoms with van der Waals surface area (Å²) in [6.07, 6.45) is 1.69. The molecule has 1 aliphatic rings. The zero-order valence-corrected chi connectivity index (χ0v) is 30.5. The van der Waals surface area contributed by atoms with E-state index in [4.69, 9.17) is 35.5 Å². The molecule has 0 spiro atoms. The van der Waals surface area contributed by atoms with Crippen molar-refractivity contribution in [1.82, 2.24) is 4.57 Å². The predicted molar refractivity (Wildman–Crippen MR) is 187 cm³/mol. The molecular formula is C34H31Br2ClN2O6S. The summed E-state index contributed by atoms with van der Waals surface area (Å²) in [7, 11) is 1.55. The molecule has 12 heteroatoms. The molecule has 0 radical (unpaired) electrons. The van der Waals surface area contributed by atoms with Gasteiger partial charge in [0.25, 0.3) is 5.56 Å². The number of aromatic nitrogens is 1. The summed E-state index contributed by atoms with van der Waals surface area (Å²) in [4.78, 5) is 32.8. The number of fused-ring (bicyclic) bond motifs is 1. The van der Waals surface area contributed by atoms with Gasteiger partial charge in [0, 0.05) is 15.1 Å². The minimum absolute atomic E-state index is 0.0768. The fourth-order valence-electron chi connectivity index (χ4n) is 5.08. The van der Waals surface area contributed by atoms with Crippen LogP contribution < -0.4 is 29.1 Å². The van der Waals surface area contributed by atoms with Crippen molar-refractivity contribution in [2.45, 2.75) is 46.4 Å². The van der Waals surface area contributed by atoms with Crippen LogP contribution in [0.25, 0.3) is 6.08 Å².